The van der Waals surface area contributed by atoms with Crippen molar-refractivity contribution in [1.82, 2.24) is 0 Å². The molecule has 0 fully saturated rings. The molecule has 172 valence electrons. The van der Waals surface area contributed by atoms with Gasteiger partial charge in [-0.15, -0.1) is 0 Å². The van der Waals surface area contributed by atoms with E-state index in [2.05, 4.69) is 62.8 Å². The van der Waals surface area contributed by atoms with Gasteiger partial charge in [0.05, 0.1) is 11.9 Å². The van der Waals surface area contributed by atoms with Gasteiger partial charge in [-0.1, -0.05) is 79.1 Å². The van der Waals surface area contributed by atoms with Gasteiger partial charge in [-0.05, 0) is 24.7 Å². The maximum atomic E-state index is 10.3. The molecule has 2 atom stereocenters. The van der Waals surface area contributed by atoms with E-state index in [1.807, 2.05) is 0 Å². The van der Waals surface area contributed by atoms with Crippen molar-refractivity contribution in [3.8, 4) is 0 Å². The second-order valence-electron chi connectivity index (χ2n) is 8.23. The molecule has 0 heterocycles. The summed E-state index contributed by atoms with van der Waals surface area (Å²) in [5.41, 5.74) is 0. The third-order valence-electron chi connectivity index (χ3n) is 4.06. The summed E-state index contributed by atoms with van der Waals surface area (Å²) in [6.45, 7) is 8.79. The van der Waals surface area contributed by atoms with E-state index in [0.29, 0.717) is 12.8 Å². The van der Waals surface area contributed by atoms with Crippen LogP contribution in [0.15, 0.2) is 0 Å². The number of carboxylic acids is 2. The van der Waals surface area contributed by atoms with Crippen molar-refractivity contribution in [2.24, 2.45) is 11.8 Å². The summed E-state index contributed by atoms with van der Waals surface area (Å²) < 4.78 is 0. The molecule has 0 saturated heterocycles. The van der Waals surface area contributed by atoms with Crippen LogP contribution >= 0.6 is 25.3 Å². The molecule has 0 spiro atoms. The predicted octanol–water partition coefficient (Wildman–Crippen LogP) is 4.07. The Hall–Kier alpha value is 0.439. The summed E-state index contributed by atoms with van der Waals surface area (Å²) in [6.07, 6.45) is 10.2. The zero-order chi connectivity index (χ0) is 23.2. The molecule has 0 radical (unpaired) electrons. The molecule has 29 heavy (non-hydrogen) atoms. The second-order valence-corrected chi connectivity index (χ2v) is 12.3. The monoisotopic (exact) mass is 556 g/mol. The van der Waals surface area contributed by atoms with Crippen LogP contribution in [0.3, 0.4) is 0 Å². The van der Waals surface area contributed by atoms with Gasteiger partial charge in [0.15, 0.2) is 0 Å². The SMILES string of the molecule is CC(C)CCCCC[C@H](S)C(=O)[O-].CC(C)CCCCC[C@H](S)C(=O)[O-].[CH3][Sn+2][CH3]. The van der Waals surface area contributed by atoms with Crippen LogP contribution in [0, 0.1) is 11.8 Å². The number of hydrogen-bond donors (Lipinski definition) is 2. The number of unbranched alkanes of at least 4 members (excludes halogenated alkanes) is 4. The number of carbonyl (C=O) groups excluding carboxylic acids is 2. The van der Waals surface area contributed by atoms with E-state index in [1.54, 1.807) is 0 Å². The summed E-state index contributed by atoms with van der Waals surface area (Å²) >= 11 is 8.04. The molecule has 0 aliphatic rings. The zero-order valence-corrected chi connectivity index (χ0v) is 24.1. The van der Waals surface area contributed by atoms with Crippen molar-refractivity contribution >= 4 is 58.3 Å². The summed E-state index contributed by atoms with van der Waals surface area (Å²) in [5, 5.41) is 19.4. The fourth-order valence-electron chi connectivity index (χ4n) is 2.37. The quantitative estimate of drug-likeness (QED) is 0.193. The van der Waals surface area contributed by atoms with Crippen LogP contribution in [0.4, 0.5) is 0 Å². The van der Waals surface area contributed by atoms with E-state index in [0.717, 1.165) is 37.5 Å². The predicted molar refractivity (Wildman–Crippen MR) is 129 cm³/mol. The van der Waals surface area contributed by atoms with Gasteiger partial charge in [-0.2, -0.15) is 25.3 Å². The molecular formula is C22H44O4S2Sn. The van der Waals surface area contributed by atoms with E-state index in [1.165, 1.54) is 25.7 Å². The first-order chi connectivity index (χ1) is 13.5. The van der Waals surface area contributed by atoms with E-state index < -0.39 is 22.4 Å². The molecule has 0 unspecified atom stereocenters. The van der Waals surface area contributed by atoms with Gasteiger partial charge in [0.25, 0.3) is 0 Å². The van der Waals surface area contributed by atoms with Crippen LogP contribution in [0.25, 0.3) is 0 Å². The Morgan fingerprint density at radius 2 is 0.897 bits per heavy atom. The maximum absolute atomic E-state index is 10.3. The molecular weight excluding hydrogens is 511 g/mol. The Morgan fingerprint density at radius 1 is 0.655 bits per heavy atom. The van der Waals surface area contributed by atoms with Crippen LogP contribution in [0.5, 0.6) is 0 Å². The number of carboxylic acid groups (broad SMARTS) is 2. The average Bonchev–Trinajstić information content (AvgIpc) is 2.61. The molecule has 0 aromatic heterocycles. The normalized spacial score (nSPS) is 12.2. The van der Waals surface area contributed by atoms with Gasteiger partial charge < -0.3 is 19.8 Å². The van der Waals surface area contributed by atoms with Crippen molar-refractivity contribution < 1.29 is 19.8 Å². The number of rotatable bonds is 14. The van der Waals surface area contributed by atoms with E-state index in [4.69, 9.17) is 0 Å². The number of hydrogen-bond acceptors (Lipinski definition) is 6. The van der Waals surface area contributed by atoms with Gasteiger partial charge in [-0.25, -0.2) is 0 Å². The van der Waals surface area contributed by atoms with Crippen molar-refractivity contribution in [2.75, 3.05) is 0 Å². The molecule has 0 aliphatic carbocycles. The van der Waals surface area contributed by atoms with Crippen molar-refractivity contribution in [3.05, 3.63) is 0 Å². The summed E-state index contributed by atoms with van der Waals surface area (Å²) in [7, 11) is 0. The van der Waals surface area contributed by atoms with Crippen LogP contribution in [-0.4, -0.2) is 43.6 Å². The first-order valence-electron chi connectivity index (χ1n) is 10.9. The molecule has 0 rings (SSSR count). The molecule has 4 nitrogen and oxygen atoms in total. The standard InChI is InChI=1S/2C10H20O2S.2CH3.Sn/c2*1-8(2)6-4-3-5-7-9(13)10(11)12;;;/h2*8-9,13H,3-7H2,1-2H3,(H,11,12);2*1H3;/q;;;;+2/p-2/t2*9-;;;/m00.../s1. The fraction of sp³-hybridized carbons (Fsp3) is 0.909. The van der Waals surface area contributed by atoms with Crippen LogP contribution in [-0.2, 0) is 9.59 Å². The van der Waals surface area contributed by atoms with E-state index >= 15 is 0 Å². The Kier molecular flexibility index (Phi) is 29.0. The minimum absolute atomic E-state index is 0.230. The molecule has 7 heteroatoms. The summed E-state index contributed by atoms with van der Waals surface area (Å²) in [4.78, 5) is 25.2. The Morgan fingerprint density at radius 3 is 1.10 bits per heavy atom. The first-order valence-corrected chi connectivity index (χ1v) is 17.6. The summed E-state index contributed by atoms with van der Waals surface area (Å²) in [6, 6.07) is 0. The Labute approximate surface area is 201 Å². The Bertz CT molecular complexity index is 346. The molecule has 0 saturated carbocycles. The molecule has 0 amide bonds. The molecule has 0 aromatic carbocycles. The van der Waals surface area contributed by atoms with Crippen LogP contribution in [0.2, 0.25) is 9.88 Å². The van der Waals surface area contributed by atoms with Crippen molar-refractivity contribution in [2.45, 2.75) is 112 Å². The summed E-state index contributed by atoms with van der Waals surface area (Å²) in [5.74, 6) is -0.611. The van der Waals surface area contributed by atoms with Crippen molar-refractivity contribution in [3.63, 3.8) is 0 Å². The fourth-order valence-corrected chi connectivity index (χ4v) is 2.73. The van der Waals surface area contributed by atoms with Crippen LogP contribution in [0.1, 0.15) is 91.9 Å². The molecule has 0 N–H and O–H groups in total. The van der Waals surface area contributed by atoms with E-state index in [9.17, 15) is 19.8 Å². The molecule has 0 bridgehead atoms. The van der Waals surface area contributed by atoms with Gasteiger partial charge in [0.1, 0.15) is 0 Å². The number of aliphatic carboxylic acids is 2. The second kappa shape index (κ2) is 24.7. The molecule has 0 aliphatic heterocycles. The average molecular weight is 555 g/mol. The van der Waals surface area contributed by atoms with Gasteiger partial charge >= 0.3 is 31.0 Å². The van der Waals surface area contributed by atoms with Gasteiger partial charge in [0, 0.05) is 10.5 Å². The Balaban J connectivity index is -0.000000410. The van der Waals surface area contributed by atoms with Crippen LogP contribution < -0.4 is 10.2 Å². The first kappa shape index (κ1) is 34.1. The third-order valence-corrected chi connectivity index (χ3v) is 5.00. The molecule has 0 aromatic rings. The van der Waals surface area contributed by atoms with E-state index in [-0.39, 0.29) is 21.1 Å². The number of carbonyl (C=O) groups is 2. The topological polar surface area (TPSA) is 80.3 Å². The third kappa shape index (κ3) is 33.3. The van der Waals surface area contributed by atoms with Gasteiger partial charge in [0.2, 0.25) is 0 Å². The zero-order valence-electron chi connectivity index (χ0n) is 19.4. The number of thiol groups is 2. The van der Waals surface area contributed by atoms with Crippen molar-refractivity contribution in [1.29, 1.82) is 0 Å². The minimum atomic E-state index is -1.05. The van der Waals surface area contributed by atoms with Gasteiger partial charge in [-0.3, -0.25) is 0 Å².